The van der Waals surface area contributed by atoms with Crippen LogP contribution in [0.15, 0.2) is 24.3 Å². The van der Waals surface area contributed by atoms with Crippen molar-refractivity contribution in [3.63, 3.8) is 0 Å². The second-order valence-corrected chi connectivity index (χ2v) is 6.62. The van der Waals surface area contributed by atoms with E-state index in [2.05, 4.69) is 38.1 Å². The Bertz CT molecular complexity index is 453. The highest BCUT2D eigenvalue weighted by atomic mass is 16.1. The van der Waals surface area contributed by atoms with Gasteiger partial charge >= 0.3 is 0 Å². The number of nitrogens with zero attached hydrogens (tertiary/aromatic N) is 1. The zero-order valence-electron chi connectivity index (χ0n) is 13.8. The number of likely N-dealkylation sites (N-methyl/N-ethyl adjacent to an activating group) is 1. The molecule has 0 N–H and O–H groups in total. The third-order valence-electron chi connectivity index (χ3n) is 4.96. The van der Waals surface area contributed by atoms with Gasteiger partial charge in [-0.15, -0.1) is 0 Å². The molecule has 0 aromatic heterocycles. The molecule has 1 saturated carbocycles. The molecule has 21 heavy (non-hydrogen) atoms. The minimum atomic E-state index is -0.289. The van der Waals surface area contributed by atoms with E-state index in [1.54, 1.807) is 0 Å². The van der Waals surface area contributed by atoms with Crippen LogP contribution >= 0.6 is 0 Å². The van der Waals surface area contributed by atoms with Crippen LogP contribution in [0.3, 0.4) is 0 Å². The number of ketones is 1. The summed E-state index contributed by atoms with van der Waals surface area (Å²) in [5.74, 6) is 0.317. The zero-order valence-corrected chi connectivity index (χ0v) is 13.8. The highest BCUT2D eigenvalue weighted by Gasteiger charge is 2.40. The van der Waals surface area contributed by atoms with Gasteiger partial charge in [0.1, 0.15) is 0 Å². The van der Waals surface area contributed by atoms with Gasteiger partial charge in [-0.05, 0) is 38.9 Å². The fourth-order valence-electron chi connectivity index (χ4n) is 3.57. The first-order valence-corrected chi connectivity index (χ1v) is 8.41. The number of rotatable bonds is 5. The molecule has 0 radical (unpaired) electrons. The van der Waals surface area contributed by atoms with Gasteiger partial charge < -0.3 is 0 Å². The number of aryl methyl sites for hydroxylation is 1. The molecule has 2 heteroatoms. The lowest BCUT2D eigenvalue weighted by Crippen LogP contribution is -2.50. The van der Waals surface area contributed by atoms with Crippen molar-refractivity contribution in [1.82, 2.24) is 4.90 Å². The first-order valence-electron chi connectivity index (χ1n) is 8.41. The Morgan fingerprint density at radius 1 is 1.05 bits per heavy atom. The largest absolute Gasteiger partial charge is 0.297 e. The van der Waals surface area contributed by atoms with E-state index in [0.717, 1.165) is 44.1 Å². The SMILES string of the molecule is CCCc1ccc(C(=O)C2(N(C)C)CCCCCC2)cc1. The molecule has 116 valence electrons. The van der Waals surface area contributed by atoms with Gasteiger partial charge in [-0.1, -0.05) is 63.3 Å². The van der Waals surface area contributed by atoms with Crippen LogP contribution in [0.1, 0.15) is 67.8 Å². The highest BCUT2D eigenvalue weighted by molar-refractivity contribution is 6.03. The number of Topliss-reactive ketones (excluding diaryl/α,β-unsaturated/α-hetero) is 1. The van der Waals surface area contributed by atoms with Crippen molar-refractivity contribution >= 4 is 5.78 Å². The van der Waals surface area contributed by atoms with Crippen molar-refractivity contribution in [1.29, 1.82) is 0 Å². The second-order valence-electron chi connectivity index (χ2n) is 6.62. The van der Waals surface area contributed by atoms with E-state index in [4.69, 9.17) is 0 Å². The van der Waals surface area contributed by atoms with Crippen molar-refractivity contribution in [3.05, 3.63) is 35.4 Å². The Labute approximate surface area is 129 Å². The summed E-state index contributed by atoms with van der Waals surface area (Å²) in [6, 6.07) is 8.31. The maximum Gasteiger partial charge on any atom is 0.183 e. The molecule has 0 amide bonds. The van der Waals surface area contributed by atoms with Gasteiger partial charge in [0.15, 0.2) is 5.78 Å². The third kappa shape index (κ3) is 3.55. The normalized spacial score (nSPS) is 18.5. The number of hydrogen-bond acceptors (Lipinski definition) is 2. The summed E-state index contributed by atoms with van der Waals surface area (Å²) < 4.78 is 0. The summed E-state index contributed by atoms with van der Waals surface area (Å²) >= 11 is 0. The van der Waals surface area contributed by atoms with Crippen LogP contribution in [0.5, 0.6) is 0 Å². The van der Waals surface area contributed by atoms with Crippen LogP contribution in [-0.4, -0.2) is 30.3 Å². The van der Waals surface area contributed by atoms with E-state index in [9.17, 15) is 4.79 Å². The molecule has 0 unspecified atom stereocenters. The Hall–Kier alpha value is -1.15. The van der Waals surface area contributed by atoms with Gasteiger partial charge in [0, 0.05) is 5.56 Å². The van der Waals surface area contributed by atoms with Crippen LogP contribution in [-0.2, 0) is 6.42 Å². The molecule has 2 nitrogen and oxygen atoms in total. The quantitative estimate of drug-likeness (QED) is 0.588. The fourth-order valence-corrected chi connectivity index (χ4v) is 3.57. The van der Waals surface area contributed by atoms with Gasteiger partial charge in [-0.3, -0.25) is 9.69 Å². The van der Waals surface area contributed by atoms with Gasteiger partial charge in [0.05, 0.1) is 5.54 Å². The maximum atomic E-state index is 13.1. The third-order valence-corrected chi connectivity index (χ3v) is 4.96. The van der Waals surface area contributed by atoms with Crippen molar-refractivity contribution in [2.24, 2.45) is 0 Å². The van der Waals surface area contributed by atoms with Crippen molar-refractivity contribution < 1.29 is 4.79 Å². The van der Waals surface area contributed by atoms with E-state index in [1.165, 1.54) is 18.4 Å². The molecule has 2 rings (SSSR count). The molecular formula is C19H29NO. The summed E-state index contributed by atoms with van der Waals surface area (Å²) in [5, 5.41) is 0. The molecule has 0 atom stereocenters. The van der Waals surface area contributed by atoms with Crippen molar-refractivity contribution in [2.45, 2.75) is 63.8 Å². The number of carbonyl (C=O) groups excluding carboxylic acids is 1. The predicted octanol–water partition coefficient (Wildman–Crippen LogP) is 4.48. The zero-order chi connectivity index (χ0) is 15.3. The molecule has 1 aromatic carbocycles. The Morgan fingerprint density at radius 3 is 2.10 bits per heavy atom. The molecule has 0 aliphatic heterocycles. The van der Waals surface area contributed by atoms with Gasteiger partial charge in [-0.25, -0.2) is 0 Å². The molecule has 1 fully saturated rings. The van der Waals surface area contributed by atoms with E-state index in [-0.39, 0.29) is 5.54 Å². The minimum Gasteiger partial charge on any atom is -0.297 e. The maximum absolute atomic E-state index is 13.1. The van der Waals surface area contributed by atoms with Gasteiger partial charge in [0.2, 0.25) is 0 Å². The molecule has 1 aromatic rings. The minimum absolute atomic E-state index is 0.289. The first kappa shape index (κ1) is 16.2. The average Bonchev–Trinajstić information content (AvgIpc) is 2.74. The summed E-state index contributed by atoms with van der Waals surface area (Å²) in [5.41, 5.74) is 1.92. The Balaban J connectivity index is 2.25. The van der Waals surface area contributed by atoms with E-state index in [1.807, 2.05) is 12.1 Å². The lowest BCUT2D eigenvalue weighted by molar-refractivity contribution is 0.0635. The highest BCUT2D eigenvalue weighted by Crippen LogP contribution is 2.34. The van der Waals surface area contributed by atoms with E-state index >= 15 is 0 Å². The molecule has 0 spiro atoms. The van der Waals surface area contributed by atoms with Crippen molar-refractivity contribution in [2.75, 3.05) is 14.1 Å². The van der Waals surface area contributed by atoms with Gasteiger partial charge in [0.25, 0.3) is 0 Å². The van der Waals surface area contributed by atoms with E-state index in [0.29, 0.717) is 5.78 Å². The monoisotopic (exact) mass is 287 g/mol. The molecule has 1 aliphatic rings. The Kier molecular flexibility index (Phi) is 5.58. The number of benzene rings is 1. The van der Waals surface area contributed by atoms with Crippen LogP contribution in [0.25, 0.3) is 0 Å². The Morgan fingerprint density at radius 2 is 1.62 bits per heavy atom. The fraction of sp³-hybridized carbons (Fsp3) is 0.632. The summed E-state index contributed by atoms with van der Waals surface area (Å²) in [7, 11) is 4.13. The molecule has 0 saturated heterocycles. The summed E-state index contributed by atoms with van der Waals surface area (Å²) in [6.45, 7) is 2.19. The predicted molar refractivity (Wildman–Crippen MR) is 88.9 cm³/mol. The summed E-state index contributed by atoms with van der Waals surface area (Å²) in [4.78, 5) is 15.3. The molecule has 0 bridgehead atoms. The smallest absolute Gasteiger partial charge is 0.183 e. The van der Waals surface area contributed by atoms with Gasteiger partial charge in [-0.2, -0.15) is 0 Å². The molecule has 0 heterocycles. The average molecular weight is 287 g/mol. The standard InChI is InChI=1S/C19H29NO/c1-4-9-16-10-12-17(13-11-16)18(21)19(20(2)3)14-7-5-6-8-15-19/h10-13H,4-9,14-15H2,1-3H3. The lowest BCUT2D eigenvalue weighted by atomic mass is 9.81. The van der Waals surface area contributed by atoms with Crippen LogP contribution in [0.2, 0.25) is 0 Å². The topological polar surface area (TPSA) is 20.3 Å². The number of carbonyl (C=O) groups is 1. The lowest BCUT2D eigenvalue weighted by Gasteiger charge is -2.38. The summed E-state index contributed by atoms with van der Waals surface area (Å²) in [6.07, 6.45) is 9.08. The van der Waals surface area contributed by atoms with Crippen molar-refractivity contribution in [3.8, 4) is 0 Å². The van der Waals surface area contributed by atoms with Crippen LogP contribution < -0.4 is 0 Å². The van der Waals surface area contributed by atoms with Crippen LogP contribution in [0, 0.1) is 0 Å². The first-order chi connectivity index (χ1) is 10.1. The van der Waals surface area contributed by atoms with Crippen LogP contribution in [0.4, 0.5) is 0 Å². The number of hydrogen-bond donors (Lipinski definition) is 0. The van der Waals surface area contributed by atoms with E-state index < -0.39 is 0 Å². The molecule has 1 aliphatic carbocycles. The molecular weight excluding hydrogens is 258 g/mol. The second kappa shape index (κ2) is 7.22.